The van der Waals surface area contributed by atoms with Crippen LogP contribution < -0.4 is 5.32 Å². The number of hydrogen-bond acceptors (Lipinski definition) is 7. The smallest absolute Gasteiger partial charge is 0.328 e. The summed E-state index contributed by atoms with van der Waals surface area (Å²) in [5, 5.41) is 7.62. The number of carbonyl (C=O) groups excluding carboxylic acids is 2. The monoisotopic (exact) mass is 351 g/mol. The number of ether oxygens (including phenoxy) is 1. The van der Waals surface area contributed by atoms with Crippen LogP contribution in [0, 0.1) is 13.8 Å². The number of amides is 1. The van der Waals surface area contributed by atoms with Gasteiger partial charge in [0.25, 0.3) is 5.78 Å². The Morgan fingerprint density at radius 2 is 2.04 bits per heavy atom. The zero-order valence-electron chi connectivity index (χ0n) is 14.4. The molecule has 0 aromatic carbocycles. The Morgan fingerprint density at radius 1 is 1.33 bits per heavy atom. The molecule has 1 N–H and O–H groups in total. The maximum absolute atomic E-state index is 12.2. The van der Waals surface area contributed by atoms with Gasteiger partial charge in [0.15, 0.2) is 0 Å². The molecule has 0 aliphatic rings. The molecule has 2 aromatic heterocycles. The molecule has 0 bridgehead atoms. The molecule has 8 nitrogen and oxygen atoms in total. The van der Waals surface area contributed by atoms with Crippen LogP contribution in [0.1, 0.15) is 30.8 Å². The van der Waals surface area contributed by atoms with Gasteiger partial charge < -0.3 is 10.1 Å². The highest BCUT2D eigenvalue weighted by Crippen LogP contribution is 2.17. The summed E-state index contributed by atoms with van der Waals surface area (Å²) < 4.78 is 6.52. The minimum absolute atomic E-state index is 0.110. The fraction of sp³-hybridized carbons (Fsp3) is 0.533. The summed E-state index contributed by atoms with van der Waals surface area (Å²) in [6.45, 7) is 7.30. The first-order valence-corrected chi connectivity index (χ1v) is 8.82. The Bertz CT molecular complexity index is 774. The molecule has 0 aliphatic carbocycles. The van der Waals surface area contributed by atoms with Crippen molar-refractivity contribution in [3.8, 4) is 0 Å². The first-order valence-electron chi connectivity index (χ1n) is 7.60. The lowest BCUT2D eigenvalue weighted by Gasteiger charge is -2.14. The van der Waals surface area contributed by atoms with Gasteiger partial charge in [0.1, 0.15) is 6.04 Å². The van der Waals surface area contributed by atoms with Crippen LogP contribution in [-0.4, -0.2) is 50.4 Å². The Balaban J connectivity index is 2.20. The molecule has 1 atom stereocenters. The summed E-state index contributed by atoms with van der Waals surface area (Å²) in [6, 6.07) is -0.691. The molecular formula is C15H21N5O3S. The molecule has 0 fully saturated rings. The second kappa shape index (κ2) is 7.61. The molecule has 24 heavy (non-hydrogen) atoms. The predicted molar refractivity (Wildman–Crippen MR) is 90.0 cm³/mol. The van der Waals surface area contributed by atoms with E-state index < -0.39 is 12.0 Å². The molecule has 9 heteroatoms. The van der Waals surface area contributed by atoms with E-state index in [9.17, 15) is 9.59 Å². The number of aryl methyl sites for hydroxylation is 2. The number of hydrogen-bond donors (Lipinski definition) is 1. The molecule has 2 rings (SSSR count). The van der Waals surface area contributed by atoms with Gasteiger partial charge in [0.05, 0.1) is 13.0 Å². The lowest BCUT2D eigenvalue weighted by atomic mass is 10.1. The van der Waals surface area contributed by atoms with Crippen molar-refractivity contribution in [2.24, 2.45) is 0 Å². The minimum Gasteiger partial charge on any atom is -0.464 e. The van der Waals surface area contributed by atoms with Crippen LogP contribution in [0.5, 0.6) is 0 Å². The van der Waals surface area contributed by atoms with E-state index in [0.717, 1.165) is 17.0 Å². The van der Waals surface area contributed by atoms with E-state index in [1.807, 2.05) is 20.1 Å². The molecule has 0 spiro atoms. The molecule has 0 saturated heterocycles. The second-order valence-corrected chi connectivity index (χ2v) is 6.06. The predicted octanol–water partition coefficient (Wildman–Crippen LogP) is 1.07. The van der Waals surface area contributed by atoms with E-state index in [1.54, 1.807) is 18.4 Å². The van der Waals surface area contributed by atoms with Gasteiger partial charge in [0, 0.05) is 17.0 Å². The molecule has 1 unspecified atom stereocenters. The van der Waals surface area contributed by atoms with Crippen LogP contribution in [0.3, 0.4) is 0 Å². The Hall–Kier alpha value is -2.16. The number of nitrogens with zero attached hydrogens (tertiary/aromatic N) is 4. The molecule has 0 saturated carbocycles. The number of thioether (sulfide) groups is 1. The lowest BCUT2D eigenvalue weighted by Crippen LogP contribution is -2.40. The average Bonchev–Trinajstić information content (AvgIpc) is 2.94. The van der Waals surface area contributed by atoms with Crippen molar-refractivity contribution in [2.75, 3.05) is 12.9 Å². The molecule has 1 amide bonds. The SMILES string of the molecule is CCOC(=O)C(C)NC(=O)Cc1c(C)nc2nc(SC)nn2c1C. The van der Waals surface area contributed by atoms with Crippen LogP contribution in [0.15, 0.2) is 5.16 Å². The number of nitrogens with one attached hydrogen (secondary N) is 1. The molecule has 0 aliphatic heterocycles. The van der Waals surface area contributed by atoms with Crippen LogP contribution in [-0.2, 0) is 20.7 Å². The van der Waals surface area contributed by atoms with E-state index >= 15 is 0 Å². The maximum atomic E-state index is 12.2. The number of esters is 1. The van der Waals surface area contributed by atoms with Crippen LogP contribution in [0.2, 0.25) is 0 Å². The third-order valence-electron chi connectivity index (χ3n) is 3.57. The third-order valence-corrected chi connectivity index (χ3v) is 4.11. The first-order chi connectivity index (χ1) is 11.4. The summed E-state index contributed by atoms with van der Waals surface area (Å²) in [5.41, 5.74) is 2.30. The standard InChI is InChI=1S/C15H21N5O3S/c1-6-23-13(22)9(3)16-12(21)7-11-8(2)17-14-18-15(24-5)19-20(14)10(11)4/h9H,6-7H2,1-5H3,(H,16,21). The summed E-state index contributed by atoms with van der Waals surface area (Å²) in [7, 11) is 0. The molecule has 0 radical (unpaired) electrons. The normalized spacial score (nSPS) is 12.2. The Morgan fingerprint density at radius 3 is 2.67 bits per heavy atom. The van der Waals surface area contributed by atoms with Gasteiger partial charge in [-0.1, -0.05) is 11.8 Å². The topological polar surface area (TPSA) is 98.5 Å². The van der Waals surface area contributed by atoms with Gasteiger partial charge in [-0.25, -0.2) is 14.3 Å². The van der Waals surface area contributed by atoms with Crippen LogP contribution in [0.4, 0.5) is 0 Å². The highest BCUT2D eigenvalue weighted by Gasteiger charge is 2.20. The van der Waals surface area contributed by atoms with Gasteiger partial charge in [0.2, 0.25) is 11.1 Å². The van der Waals surface area contributed by atoms with Crippen molar-refractivity contribution in [2.45, 2.75) is 45.3 Å². The number of aromatic nitrogens is 4. The van der Waals surface area contributed by atoms with Gasteiger partial charge in [-0.2, -0.15) is 4.98 Å². The first kappa shape index (κ1) is 18.2. The van der Waals surface area contributed by atoms with Gasteiger partial charge in [-0.15, -0.1) is 5.10 Å². The number of carbonyl (C=O) groups is 2. The second-order valence-electron chi connectivity index (χ2n) is 5.29. The fourth-order valence-corrected chi connectivity index (χ4v) is 2.65. The van der Waals surface area contributed by atoms with E-state index in [2.05, 4.69) is 20.4 Å². The van der Waals surface area contributed by atoms with Crippen molar-refractivity contribution in [1.29, 1.82) is 0 Å². The number of fused-ring (bicyclic) bond motifs is 1. The van der Waals surface area contributed by atoms with Crippen LogP contribution in [0.25, 0.3) is 5.78 Å². The summed E-state index contributed by atoms with van der Waals surface area (Å²) in [6.07, 6.45) is 2.00. The Labute approximate surface area is 144 Å². The minimum atomic E-state index is -0.691. The van der Waals surface area contributed by atoms with Gasteiger partial charge >= 0.3 is 5.97 Å². The lowest BCUT2D eigenvalue weighted by molar-refractivity contribution is -0.146. The molecule has 2 aromatic rings. The van der Waals surface area contributed by atoms with E-state index in [1.165, 1.54) is 11.8 Å². The highest BCUT2D eigenvalue weighted by molar-refractivity contribution is 7.98. The van der Waals surface area contributed by atoms with E-state index in [4.69, 9.17) is 4.74 Å². The van der Waals surface area contributed by atoms with Crippen molar-refractivity contribution >= 4 is 29.4 Å². The average molecular weight is 351 g/mol. The van der Waals surface area contributed by atoms with E-state index in [0.29, 0.717) is 10.9 Å². The highest BCUT2D eigenvalue weighted by atomic mass is 32.2. The van der Waals surface area contributed by atoms with Gasteiger partial charge in [-0.05, 0) is 34.0 Å². The number of rotatable bonds is 6. The zero-order chi connectivity index (χ0) is 17.9. The third kappa shape index (κ3) is 3.84. The maximum Gasteiger partial charge on any atom is 0.328 e. The largest absolute Gasteiger partial charge is 0.464 e. The summed E-state index contributed by atoms with van der Waals surface area (Å²) >= 11 is 1.43. The quantitative estimate of drug-likeness (QED) is 0.614. The van der Waals surface area contributed by atoms with Crippen LogP contribution >= 0.6 is 11.8 Å². The Kier molecular flexibility index (Phi) is 5.76. The van der Waals surface area contributed by atoms with Crippen molar-refractivity contribution in [1.82, 2.24) is 24.9 Å². The van der Waals surface area contributed by atoms with Gasteiger partial charge in [-0.3, -0.25) is 4.79 Å². The van der Waals surface area contributed by atoms with Crippen molar-refractivity contribution in [3.05, 3.63) is 17.0 Å². The molecule has 130 valence electrons. The zero-order valence-corrected chi connectivity index (χ0v) is 15.2. The van der Waals surface area contributed by atoms with Crippen molar-refractivity contribution in [3.63, 3.8) is 0 Å². The molecular weight excluding hydrogens is 330 g/mol. The summed E-state index contributed by atoms with van der Waals surface area (Å²) in [5.74, 6) is -0.208. The van der Waals surface area contributed by atoms with Crippen molar-refractivity contribution < 1.29 is 14.3 Å². The van der Waals surface area contributed by atoms with E-state index in [-0.39, 0.29) is 18.9 Å². The summed E-state index contributed by atoms with van der Waals surface area (Å²) in [4.78, 5) is 32.6. The fourth-order valence-electron chi connectivity index (χ4n) is 2.31. The molecule has 2 heterocycles.